The summed E-state index contributed by atoms with van der Waals surface area (Å²) in [5, 5.41) is 6.86. The summed E-state index contributed by atoms with van der Waals surface area (Å²) in [4.78, 5) is 17.4. The molecule has 1 fully saturated rings. The Bertz CT molecular complexity index is 618. The third-order valence-corrected chi connectivity index (χ3v) is 4.61. The van der Waals surface area contributed by atoms with Crippen molar-refractivity contribution in [2.75, 3.05) is 39.8 Å². The number of primary amides is 1. The molecule has 1 aromatic rings. The lowest BCUT2D eigenvalue weighted by Crippen LogP contribution is -2.50. The van der Waals surface area contributed by atoms with Gasteiger partial charge >= 0.3 is 0 Å². The van der Waals surface area contributed by atoms with Crippen molar-refractivity contribution in [3.63, 3.8) is 0 Å². The maximum atomic E-state index is 11.0. The molecule has 1 amide bonds. The number of carbonyl (C=O) groups excluding carboxylic acids is 1. The van der Waals surface area contributed by atoms with E-state index in [1.54, 1.807) is 7.05 Å². The molecule has 1 aromatic carbocycles. The number of nitrogens with one attached hydrogen (secondary N) is 2. The van der Waals surface area contributed by atoms with Crippen LogP contribution in [0.25, 0.3) is 0 Å². The Balaban J connectivity index is 0.00000392. The van der Waals surface area contributed by atoms with E-state index in [4.69, 9.17) is 10.5 Å². The van der Waals surface area contributed by atoms with Gasteiger partial charge in [-0.2, -0.15) is 0 Å². The average molecular weight is 503 g/mol. The molecule has 0 saturated carbocycles. The van der Waals surface area contributed by atoms with Crippen molar-refractivity contribution < 1.29 is 9.53 Å². The van der Waals surface area contributed by atoms with E-state index in [0.29, 0.717) is 12.6 Å². The molecular weight excluding hydrogens is 469 g/mol. The minimum atomic E-state index is -0.261. The summed E-state index contributed by atoms with van der Waals surface area (Å²) >= 11 is 0. The van der Waals surface area contributed by atoms with Gasteiger partial charge in [-0.15, -0.1) is 24.0 Å². The third-order valence-electron chi connectivity index (χ3n) is 4.61. The summed E-state index contributed by atoms with van der Waals surface area (Å²) in [5.41, 5.74) is 6.50. The molecule has 28 heavy (non-hydrogen) atoms. The van der Waals surface area contributed by atoms with E-state index in [0.717, 1.165) is 63.6 Å². The van der Waals surface area contributed by atoms with E-state index in [1.807, 2.05) is 12.1 Å². The van der Waals surface area contributed by atoms with Gasteiger partial charge in [-0.3, -0.25) is 14.7 Å². The molecule has 158 valence electrons. The highest BCUT2D eigenvalue weighted by Crippen LogP contribution is 2.14. The van der Waals surface area contributed by atoms with Crippen LogP contribution in [0.5, 0.6) is 5.75 Å². The second kappa shape index (κ2) is 13.6. The monoisotopic (exact) mass is 503 g/mol. The lowest BCUT2D eigenvalue weighted by molar-refractivity contribution is -0.119. The van der Waals surface area contributed by atoms with Crippen molar-refractivity contribution in [1.82, 2.24) is 15.5 Å². The molecule has 8 heteroatoms. The number of nitrogens with zero attached hydrogens (tertiary/aromatic N) is 2. The Morgan fingerprint density at radius 2 is 2.11 bits per heavy atom. The summed E-state index contributed by atoms with van der Waals surface area (Å²) in [5.74, 6) is 1.49. The first-order valence-electron chi connectivity index (χ1n) is 9.80. The highest BCUT2D eigenvalue weighted by atomic mass is 127. The van der Waals surface area contributed by atoms with Crippen LogP contribution in [0.2, 0.25) is 0 Å². The Hall–Kier alpha value is -1.55. The Labute approximate surface area is 185 Å². The molecule has 0 spiro atoms. The van der Waals surface area contributed by atoms with Crippen LogP contribution in [-0.4, -0.2) is 62.6 Å². The molecule has 0 aromatic heterocycles. The summed E-state index contributed by atoms with van der Waals surface area (Å²) in [6.45, 7) is 5.76. The smallest absolute Gasteiger partial charge is 0.231 e. The zero-order chi connectivity index (χ0) is 19.5. The van der Waals surface area contributed by atoms with E-state index >= 15 is 0 Å². The molecule has 4 N–H and O–H groups in total. The topological polar surface area (TPSA) is 92.0 Å². The molecule has 1 aliphatic heterocycles. The first-order chi connectivity index (χ1) is 13.1. The normalized spacial score (nSPS) is 15.6. The zero-order valence-electron chi connectivity index (χ0n) is 16.9. The Kier molecular flexibility index (Phi) is 11.9. The third kappa shape index (κ3) is 9.09. The fourth-order valence-corrected chi connectivity index (χ4v) is 3.18. The van der Waals surface area contributed by atoms with Crippen LogP contribution in [0.1, 0.15) is 31.7 Å². The zero-order valence-corrected chi connectivity index (χ0v) is 19.3. The van der Waals surface area contributed by atoms with Crippen molar-refractivity contribution >= 4 is 35.8 Å². The predicted molar refractivity (Wildman–Crippen MR) is 125 cm³/mol. The number of halogens is 1. The maximum Gasteiger partial charge on any atom is 0.231 e. The highest BCUT2D eigenvalue weighted by molar-refractivity contribution is 14.0. The number of hydrogen-bond acceptors (Lipinski definition) is 4. The number of likely N-dealkylation sites (tertiary alicyclic amines) is 1. The van der Waals surface area contributed by atoms with Crippen LogP contribution < -0.4 is 21.1 Å². The molecule has 0 unspecified atom stereocenters. The van der Waals surface area contributed by atoms with Gasteiger partial charge in [0.05, 0.1) is 13.2 Å². The first kappa shape index (κ1) is 24.5. The van der Waals surface area contributed by atoms with Crippen LogP contribution in [-0.2, 0) is 11.2 Å². The summed E-state index contributed by atoms with van der Waals surface area (Å²) in [6.07, 6.45) is 3.87. The highest BCUT2D eigenvalue weighted by Gasteiger charge is 2.20. The van der Waals surface area contributed by atoms with E-state index < -0.39 is 0 Å². The number of amides is 1. The number of piperidine rings is 1. The molecule has 0 bridgehead atoms. The van der Waals surface area contributed by atoms with Gasteiger partial charge in [0.15, 0.2) is 5.96 Å². The van der Waals surface area contributed by atoms with Crippen LogP contribution in [0.4, 0.5) is 0 Å². The van der Waals surface area contributed by atoms with Crippen molar-refractivity contribution in [2.24, 2.45) is 10.7 Å². The largest absolute Gasteiger partial charge is 0.494 e. The van der Waals surface area contributed by atoms with Crippen molar-refractivity contribution in [1.29, 1.82) is 0 Å². The minimum Gasteiger partial charge on any atom is -0.494 e. The van der Waals surface area contributed by atoms with Gasteiger partial charge in [0.25, 0.3) is 0 Å². The quantitative estimate of drug-likeness (QED) is 0.272. The lowest BCUT2D eigenvalue weighted by atomic mass is 10.1. The first-order valence-corrected chi connectivity index (χ1v) is 9.80. The summed E-state index contributed by atoms with van der Waals surface area (Å²) in [6, 6.07) is 8.61. The van der Waals surface area contributed by atoms with Crippen molar-refractivity contribution in [3.05, 3.63) is 29.8 Å². The minimum absolute atomic E-state index is 0. The van der Waals surface area contributed by atoms with Crippen molar-refractivity contribution in [3.8, 4) is 5.75 Å². The molecule has 1 saturated heterocycles. The number of hydrogen-bond donors (Lipinski definition) is 3. The Morgan fingerprint density at radius 1 is 1.36 bits per heavy atom. The summed E-state index contributed by atoms with van der Waals surface area (Å²) < 4.78 is 5.69. The van der Waals surface area contributed by atoms with Crippen LogP contribution in [0.3, 0.4) is 0 Å². The number of aliphatic imine (C=N–C) groups is 1. The average Bonchev–Trinajstić information content (AvgIpc) is 2.67. The van der Waals surface area contributed by atoms with E-state index in [-0.39, 0.29) is 29.9 Å². The molecule has 0 aliphatic carbocycles. The number of rotatable bonds is 9. The number of ether oxygens (including phenoxy) is 1. The number of guanidine groups is 1. The molecular formula is C20H34IN5O2. The van der Waals surface area contributed by atoms with E-state index in [1.165, 1.54) is 5.56 Å². The fourth-order valence-electron chi connectivity index (χ4n) is 3.18. The SMILES string of the molecule is CCCOc1cccc(CCNC(=NC)NC2CCN(CC(N)=O)CC2)c1.I. The standard InChI is InChI=1S/C20H33N5O2.HI/c1-3-13-27-18-6-4-5-16(14-18)7-10-23-20(22-2)24-17-8-11-25(12-9-17)15-19(21)26;/h4-6,14,17H,3,7-13,15H2,1-2H3,(H2,21,26)(H2,22,23,24);1H. The van der Waals surface area contributed by atoms with E-state index in [9.17, 15) is 4.79 Å². The molecule has 7 nitrogen and oxygen atoms in total. The van der Waals surface area contributed by atoms with Crippen LogP contribution >= 0.6 is 24.0 Å². The van der Waals surface area contributed by atoms with E-state index in [2.05, 4.69) is 39.6 Å². The molecule has 0 atom stereocenters. The fraction of sp³-hybridized carbons (Fsp3) is 0.600. The lowest BCUT2D eigenvalue weighted by Gasteiger charge is -2.32. The molecule has 0 radical (unpaired) electrons. The van der Waals surface area contributed by atoms with Gasteiger partial charge in [0, 0.05) is 32.7 Å². The van der Waals surface area contributed by atoms with Gasteiger partial charge in [0.2, 0.25) is 5.91 Å². The van der Waals surface area contributed by atoms with Gasteiger partial charge in [-0.1, -0.05) is 19.1 Å². The maximum absolute atomic E-state index is 11.0. The molecule has 2 rings (SSSR count). The van der Waals surface area contributed by atoms with Gasteiger partial charge in [-0.25, -0.2) is 0 Å². The van der Waals surface area contributed by atoms with Crippen molar-refractivity contribution in [2.45, 2.75) is 38.6 Å². The van der Waals surface area contributed by atoms with Gasteiger partial charge < -0.3 is 21.1 Å². The van der Waals surface area contributed by atoms with Crippen LogP contribution in [0.15, 0.2) is 29.3 Å². The number of carbonyl (C=O) groups is 1. The van der Waals surface area contributed by atoms with Crippen LogP contribution in [0, 0.1) is 0 Å². The van der Waals surface area contributed by atoms with Gasteiger partial charge in [0.1, 0.15) is 5.75 Å². The number of nitrogens with two attached hydrogens (primary N) is 1. The second-order valence-electron chi connectivity index (χ2n) is 6.91. The molecule has 1 aliphatic rings. The summed E-state index contributed by atoms with van der Waals surface area (Å²) in [7, 11) is 1.79. The second-order valence-corrected chi connectivity index (χ2v) is 6.91. The Morgan fingerprint density at radius 3 is 2.75 bits per heavy atom. The van der Waals surface area contributed by atoms with Gasteiger partial charge in [-0.05, 0) is 43.4 Å². The molecule has 1 heterocycles. The number of benzene rings is 1. The predicted octanol–water partition coefficient (Wildman–Crippen LogP) is 1.75.